The molecule has 0 atom stereocenters. The van der Waals surface area contributed by atoms with E-state index in [2.05, 4.69) is 10.3 Å². The van der Waals surface area contributed by atoms with Gasteiger partial charge in [0.15, 0.2) is 0 Å². The van der Waals surface area contributed by atoms with Crippen LogP contribution < -0.4 is 5.32 Å². The number of para-hydroxylation sites is 1. The molecule has 1 heterocycles. The minimum Gasteiger partial charge on any atom is -0.478 e. The zero-order valence-electron chi connectivity index (χ0n) is 11.2. The second-order valence-corrected chi connectivity index (χ2v) is 5.04. The number of carboxylic acids is 1. The van der Waals surface area contributed by atoms with Crippen LogP contribution in [-0.4, -0.2) is 35.3 Å². The number of pyridine rings is 1. The number of carbonyl (C=O) groups is 1. The first kappa shape index (κ1) is 12.9. The van der Waals surface area contributed by atoms with Crippen molar-refractivity contribution in [1.29, 1.82) is 0 Å². The molecule has 1 aromatic carbocycles. The zero-order chi connectivity index (χ0) is 14.1. The summed E-state index contributed by atoms with van der Waals surface area (Å²) in [5, 5.41) is 13.5. The fourth-order valence-corrected chi connectivity index (χ4v) is 2.54. The molecule has 0 unspecified atom stereocenters. The van der Waals surface area contributed by atoms with Gasteiger partial charge >= 0.3 is 5.97 Å². The van der Waals surface area contributed by atoms with E-state index in [0.29, 0.717) is 5.69 Å². The number of anilines is 1. The number of hydrogen-bond acceptors (Lipinski definition) is 4. The molecule has 0 saturated heterocycles. The number of methoxy groups -OCH3 is 1. The second-order valence-electron chi connectivity index (χ2n) is 5.04. The highest BCUT2D eigenvalue weighted by atomic mass is 16.5. The fourth-order valence-electron chi connectivity index (χ4n) is 2.54. The first-order valence-corrected chi connectivity index (χ1v) is 6.59. The number of rotatable bonds is 4. The Labute approximate surface area is 116 Å². The van der Waals surface area contributed by atoms with Gasteiger partial charge in [0.2, 0.25) is 0 Å². The van der Waals surface area contributed by atoms with Gasteiger partial charge in [0.1, 0.15) is 5.56 Å². The molecule has 1 fully saturated rings. The maximum Gasteiger partial charge on any atom is 0.339 e. The Morgan fingerprint density at radius 1 is 1.40 bits per heavy atom. The highest BCUT2D eigenvalue weighted by Crippen LogP contribution is 2.31. The standard InChI is InChI=1S/C15H16N2O3/c1-20-10-6-9(7-10)17-14-11-4-2-3-5-13(11)16-8-12(14)15(18)19/h2-5,8-10H,6-7H2,1H3,(H,16,17)(H,18,19). The minimum absolute atomic E-state index is 0.213. The number of aromatic nitrogens is 1. The largest absolute Gasteiger partial charge is 0.478 e. The van der Waals surface area contributed by atoms with Crippen LogP contribution in [0.5, 0.6) is 0 Å². The third kappa shape index (κ3) is 2.20. The van der Waals surface area contributed by atoms with E-state index in [4.69, 9.17) is 4.74 Å². The summed E-state index contributed by atoms with van der Waals surface area (Å²) in [7, 11) is 1.70. The summed E-state index contributed by atoms with van der Waals surface area (Å²) in [6.07, 6.45) is 3.48. The van der Waals surface area contributed by atoms with Crippen molar-refractivity contribution in [3.05, 3.63) is 36.0 Å². The molecule has 5 nitrogen and oxygen atoms in total. The summed E-state index contributed by atoms with van der Waals surface area (Å²) in [4.78, 5) is 15.6. The molecule has 20 heavy (non-hydrogen) atoms. The number of aromatic carboxylic acids is 1. The second kappa shape index (κ2) is 5.09. The average Bonchev–Trinajstić information content (AvgIpc) is 2.41. The van der Waals surface area contributed by atoms with Gasteiger partial charge in [-0.25, -0.2) is 4.79 Å². The predicted octanol–water partition coefficient (Wildman–Crippen LogP) is 2.52. The lowest BCUT2D eigenvalue weighted by Crippen LogP contribution is -2.40. The summed E-state index contributed by atoms with van der Waals surface area (Å²) in [5.41, 5.74) is 1.66. The molecule has 2 aromatic rings. The van der Waals surface area contributed by atoms with Crippen molar-refractivity contribution in [2.75, 3.05) is 12.4 Å². The Morgan fingerprint density at radius 2 is 2.15 bits per heavy atom. The smallest absolute Gasteiger partial charge is 0.339 e. The van der Waals surface area contributed by atoms with Crippen LogP contribution in [-0.2, 0) is 4.74 Å². The molecule has 0 radical (unpaired) electrons. The van der Waals surface area contributed by atoms with Crippen LogP contribution in [0.25, 0.3) is 10.9 Å². The highest BCUT2D eigenvalue weighted by Gasteiger charge is 2.30. The third-order valence-corrected chi connectivity index (χ3v) is 3.78. The number of ether oxygens (including phenoxy) is 1. The Hall–Kier alpha value is -2.14. The fraction of sp³-hybridized carbons (Fsp3) is 0.333. The van der Waals surface area contributed by atoms with Crippen LogP contribution in [0.3, 0.4) is 0 Å². The first-order valence-electron chi connectivity index (χ1n) is 6.59. The van der Waals surface area contributed by atoms with Crippen molar-refractivity contribution in [2.45, 2.75) is 25.0 Å². The Kier molecular flexibility index (Phi) is 3.28. The van der Waals surface area contributed by atoms with Gasteiger partial charge in [-0.1, -0.05) is 18.2 Å². The number of carboxylic acid groups (broad SMARTS) is 1. The summed E-state index contributed by atoms with van der Waals surface area (Å²) in [5.74, 6) is -0.964. The zero-order valence-corrected chi connectivity index (χ0v) is 11.2. The van der Waals surface area contributed by atoms with Crippen LogP contribution in [0, 0.1) is 0 Å². The SMILES string of the molecule is COC1CC(Nc2c(C(=O)O)cnc3ccccc23)C1. The van der Waals surface area contributed by atoms with E-state index in [0.717, 1.165) is 23.7 Å². The van der Waals surface area contributed by atoms with Crippen molar-refractivity contribution >= 4 is 22.6 Å². The topological polar surface area (TPSA) is 71.5 Å². The molecule has 0 spiro atoms. The molecule has 5 heteroatoms. The van der Waals surface area contributed by atoms with Gasteiger partial charge < -0.3 is 15.2 Å². The third-order valence-electron chi connectivity index (χ3n) is 3.78. The van der Waals surface area contributed by atoms with Crippen molar-refractivity contribution in [3.63, 3.8) is 0 Å². The van der Waals surface area contributed by atoms with Gasteiger partial charge in [-0.05, 0) is 18.9 Å². The molecule has 0 aliphatic heterocycles. The number of benzene rings is 1. The van der Waals surface area contributed by atoms with Crippen LogP contribution >= 0.6 is 0 Å². The number of hydrogen-bond donors (Lipinski definition) is 2. The molecular formula is C15H16N2O3. The normalized spacial score (nSPS) is 21.4. The lowest BCUT2D eigenvalue weighted by Gasteiger charge is -2.35. The maximum absolute atomic E-state index is 11.4. The molecule has 0 amide bonds. The van der Waals surface area contributed by atoms with Crippen LogP contribution in [0.4, 0.5) is 5.69 Å². The molecule has 1 aliphatic rings. The lowest BCUT2D eigenvalue weighted by molar-refractivity contribution is 0.0329. The number of fused-ring (bicyclic) bond motifs is 1. The van der Waals surface area contributed by atoms with Crippen LogP contribution in [0.15, 0.2) is 30.5 Å². The Morgan fingerprint density at radius 3 is 2.85 bits per heavy atom. The van der Waals surface area contributed by atoms with Crippen molar-refractivity contribution in [2.24, 2.45) is 0 Å². The lowest BCUT2D eigenvalue weighted by atomic mass is 9.88. The summed E-state index contributed by atoms with van der Waals surface area (Å²) in [6.45, 7) is 0. The van der Waals surface area contributed by atoms with Crippen molar-refractivity contribution < 1.29 is 14.6 Å². The van der Waals surface area contributed by atoms with E-state index < -0.39 is 5.97 Å². The summed E-state index contributed by atoms with van der Waals surface area (Å²) in [6, 6.07) is 7.81. The molecule has 1 saturated carbocycles. The predicted molar refractivity (Wildman–Crippen MR) is 76.1 cm³/mol. The van der Waals surface area contributed by atoms with Gasteiger partial charge in [-0.2, -0.15) is 0 Å². The van der Waals surface area contributed by atoms with Crippen molar-refractivity contribution in [1.82, 2.24) is 4.98 Å². The number of nitrogens with one attached hydrogen (secondary N) is 1. The summed E-state index contributed by atoms with van der Waals surface area (Å²) >= 11 is 0. The molecule has 3 rings (SSSR count). The van der Waals surface area contributed by atoms with Gasteiger partial charge in [0, 0.05) is 24.7 Å². The van der Waals surface area contributed by atoms with Gasteiger partial charge in [-0.3, -0.25) is 4.98 Å². The van der Waals surface area contributed by atoms with Gasteiger partial charge in [0.25, 0.3) is 0 Å². The Bertz CT molecular complexity index is 651. The highest BCUT2D eigenvalue weighted by molar-refractivity contribution is 6.04. The molecule has 1 aliphatic carbocycles. The minimum atomic E-state index is -0.964. The monoisotopic (exact) mass is 272 g/mol. The van der Waals surface area contributed by atoms with E-state index in [-0.39, 0.29) is 17.7 Å². The van der Waals surface area contributed by atoms with E-state index in [9.17, 15) is 9.90 Å². The average molecular weight is 272 g/mol. The molecule has 104 valence electrons. The summed E-state index contributed by atoms with van der Waals surface area (Å²) < 4.78 is 5.25. The van der Waals surface area contributed by atoms with E-state index in [1.165, 1.54) is 6.20 Å². The number of nitrogens with zero attached hydrogens (tertiary/aromatic N) is 1. The van der Waals surface area contributed by atoms with Crippen molar-refractivity contribution in [3.8, 4) is 0 Å². The molecule has 0 bridgehead atoms. The van der Waals surface area contributed by atoms with E-state index in [1.807, 2.05) is 24.3 Å². The quantitative estimate of drug-likeness (QED) is 0.894. The molecule has 1 aromatic heterocycles. The molecule has 2 N–H and O–H groups in total. The maximum atomic E-state index is 11.4. The van der Waals surface area contributed by atoms with E-state index >= 15 is 0 Å². The first-order chi connectivity index (χ1) is 9.69. The van der Waals surface area contributed by atoms with Gasteiger partial charge in [-0.15, -0.1) is 0 Å². The van der Waals surface area contributed by atoms with Crippen LogP contribution in [0.2, 0.25) is 0 Å². The van der Waals surface area contributed by atoms with Crippen LogP contribution in [0.1, 0.15) is 23.2 Å². The van der Waals surface area contributed by atoms with Gasteiger partial charge in [0.05, 0.1) is 17.3 Å². The molecular weight excluding hydrogens is 256 g/mol. The Balaban J connectivity index is 1.98. The van der Waals surface area contributed by atoms with E-state index in [1.54, 1.807) is 7.11 Å².